The van der Waals surface area contributed by atoms with Crippen LogP contribution in [0.25, 0.3) is 36.5 Å². The monoisotopic (exact) mass is 447 g/mol. The Morgan fingerprint density at radius 3 is 2.77 bits per heavy atom. The molecule has 30 heavy (non-hydrogen) atoms. The number of rotatable bonds is 4. The number of para-hydroxylation sites is 1. The van der Waals surface area contributed by atoms with Crippen molar-refractivity contribution in [2.45, 2.75) is 10.9 Å². The molecule has 6 rings (SSSR count). The van der Waals surface area contributed by atoms with Gasteiger partial charge in [0.15, 0.2) is 5.16 Å². The Bertz CT molecular complexity index is 1580. The van der Waals surface area contributed by atoms with Crippen LogP contribution < -0.4 is 5.56 Å². The second kappa shape index (κ2) is 7.05. The predicted octanol–water partition coefficient (Wildman–Crippen LogP) is 5.20. The van der Waals surface area contributed by atoms with Gasteiger partial charge in [0.2, 0.25) is 4.96 Å². The van der Waals surface area contributed by atoms with Crippen LogP contribution in [0.15, 0.2) is 69.9 Å². The van der Waals surface area contributed by atoms with E-state index in [9.17, 15) is 4.79 Å². The molecule has 0 atom stereocenters. The second-order valence-corrected chi connectivity index (χ2v) is 9.48. The van der Waals surface area contributed by atoms with E-state index in [0.717, 1.165) is 31.6 Å². The van der Waals surface area contributed by atoms with E-state index in [1.54, 1.807) is 11.3 Å². The number of fused-ring (bicyclic) bond motifs is 4. The lowest BCUT2D eigenvalue weighted by atomic mass is 10.1. The van der Waals surface area contributed by atoms with Crippen LogP contribution in [0.4, 0.5) is 0 Å². The van der Waals surface area contributed by atoms with Gasteiger partial charge >= 0.3 is 0 Å². The van der Waals surface area contributed by atoms with Crippen molar-refractivity contribution in [3.8, 4) is 11.1 Å². The van der Waals surface area contributed by atoms with E-state index >= 15 is 0 Å². The highest BCUT2D eigenvalue weighted by Gasteiger charge is 2.15. The number of aromatic amines is 1. The van der Waals surface area contributed by atoms with Gasteiger partial charge in [-0.3, -0.25) is 9.20 Å². The summed E-state index contributed by atoms with van der Waals surface area (Å²) in [4.78, 5) is 22.1. The molecule has 0 spiro atoms. The van der Waals surface area contributed by atoms with Gasteiger partial charge in [-0.15, -0.1) is 21.5 Å². The van der Waals surface area contributed by atoms with Crippen molar-refractivity contribution in [2.75, 3.05) is 0 Å². The van der Waals surface area contributed by atoms with Crippen LogP contribution in [0, 0.1) is 0 Å². The smallest absolute Gasteiger partial charge is 0.260 e. The van der Waals surface area contributed by atoms with Crippen molar-refractivity contribution < 1.29 is 0 Å². The van der Waals surface area contributed by atoms with Gasteiger partial charge in [0.1, 0.15) is 10.7 Å². The fourth-order valence-corrected chi connectivity index (χ4v) is 6.28. The molecule has 0 unspecified atom stereocenters. The summed E-state index contributed by atoms with van der Waals surface area (Å²) >= 11 is 4.63. The van der Waals surface area contributed by atoms with Gasteiger partial charge in [-0.25, -0.2) is 4.98 Å². The standard InChI is InChI=1S/C21H13N5OS3/c27-18-17-13(12-6-2-1-3-7-12)10-28-19(17)23-16(22-18)11-29-20-24-25-21-26(20)14-8-4-5-9-15(14)30-21/h1-10H,11H2,(H,22,23,27). The van der Waals surface area contributed by atoms with Gasteiger partial charge in [-0.05, 0) is 17.7 Å². The maximum absolute atomic E-state index is 12.8. The average Bonchev–Trinajstić information content (AvgIpc) is 3.46. The third-order valence-electron chi connectivity index (χ3n) is 4.83. The van der Waals surface area contributed by atoms with Crippen molar-refractivity contribution >= 4 is 59.8 Å². The molecule has 0 aliphatic heterocycles. The number of thiophene rings is 1. The third kappa shape index (κ3) is 2.85. The Morgan fingerprint density at radius 2 is 1.87 bits per heavy atom. The molecule has 4 aromatic heterocycles. The largest absolute Gasteiger partial charge is 0.309 e. The third-order valence-corrected chi connectivity index (χ3v) is 7.65. The summed E-state index contributed by atoms with van der Waals surface area (Å²) in [5.74, 6) is 1.14. The quantitative estimate of drug-likeness (QED) is 0.376. The molecule has 0 fully saturated rings. The highest BCUT2D eigenvalue weighted by atomic mass is 32.2. The number of hydrogen-bond acceptors (Lipinski definition) is 7. The molecule has 6 aromatic rings. The molecular weight excluding hydrogens is 434 g/mol. The molecule has 0 amide bonds. The minimum Gasteiger partial charge on any atom is -0.309 e. The Hall–Kier alpha value is -3.01. The molecule has 0 bridgehead atoms. The number of thioether (sulfide) groups is 1. The Labute approximate surface area is 182 Å². The van der Waals surface area contributed by atoms with Crippen molar-refractivity contribution in [3.05, 3.63) is 76.2 Å². The molecule has 2 aromatic carbocycles. The number of thiazole rings is 1. The van der Waals surface area contributed by atoms with Gasteiger partial charge in [-0.2, -0.15) is 0 Å². The van der Waals surface area contributed by atoms with Crippen LogP contribution in [-0.4, -0.2) is 24.6 Å². The number of H-pyrrole nitrogens is 1. The molecular formula is C21H13N5OS3. The van der Waals surface area contributed by atoms with Crippen LogP contribution in [0.3, 0.4) is 0 Å². The normalized spacial score (nSPS) is 11.7. The zero-order chi connectivity index (χ0) is 20.1. The zero-order valence-corrected chi connectivity index (χ0v) is 17.9. The van der Waals surface area contributed by atoms with Gasteiger partial charge < -0.3 is 4.98 Å². The maximum atomic E-state index is 12.8. The summed E-state index contributed by atoms with van der Waals surface area (Å²) in [5.41, 5.74) is 2.93. The van der Waals surface area contributed by atoms with E-state index < -0.39 is 0 Å². The lowest BCUT2D eigenvalue weighted by Gasteiger charge is -2.02. The number of nitrogens with zero attached hydrogens (tertiary/aromatic N) is 4. The summed E-state index contributed by atoms with van der Waals surface area (Å²) in [6.07, 6.45) is 0. The molecule has 146 valence electrons. The highest BCUT2D eigenvalue weighted by Crippen LogP contribution is 2.32. The summed E-state index contributed by atoms with van der Waals surface area (Å²) < 4.78 is 3.23. The van der Waals surface area contributed by atoms with E-state index in [1.807, 2.05) is 47.8 Å². The molecule has 0 aliphatic carbocycles. The SMILES string of the molecule is O=c1[nH]c(CSc2nnc3sc4ccccc4n23)nc2scc(-c3ccccc3)c12. The molecule has 4 heterocycles. The summed E-state index contributed by atoms with van der Waals surface area (Å²) in [6, 6.07) is 18.1. The number of benzene rings is 2. The lowest BCUT2D eigenvalue weighted by molar-refractivity contribution is 0.935. The Kier molecular flexibility index (Phi) is 4.19. The van der Waals surface area contributed by atoms with Crippen molar-refractivity contribution in [1.29, 1.82) is 0 Å². The number of aromatic nitrogens is 5. The fraction of sp³-hybridized carbons (Fsp3) is 0.0476. The first-order chi connectivity index (χ1) is 14.8. The van der Waals surface area contributed by atoms with Gasteiger partial charge in [0.05, 0.1) is 21.4 Å². The van der Waals surface area contributed by atoms with E-state index in [1.165, 1.54) is 27.8 Å². The van der Waals surface area contributed by atoms with E-state index in [2.05, 4.69) is 31.7 Å². The van der Waals surface area contributed by atoms with Gasteiger partial charge in [-0.1, -0.05) is 65.6 Å². The molecule has 0 saturated carbocycles. The topological polar surface area (TPSA) is 75.9 Å². The van der Waals surface area contributed by atoms with Crippen molar-refractivity contribution in [2.24, 2.45) is 0 Å². The van der Waals surface area contributed by atoms with Crippen LogP contribution in [0.5, 0.6) is 0 Å². The molecule has 0 aliphatic rings. The Balaban J connectivity index is 1.35. The average molecular weight is 448 g/mol. The molecule has 0 radical (unpaired) electrons. The van der Waals surface area contributed by atoms with Crippen LogP contribution in [0.1, 0.15) is 5.82 Å². The summed E-state index contributed by atoms with van der Waals surface area (Å²) in [7, 11) is 0. The minimum absolute atomic E-state index is 0.108. The van der Waals surface area contributed by atoms with Gasteiger partial charge in [0, 0.05) is 10.9 Å². The first kappa shape index (κ1) is 17.8. The minimum atomic E-state index is -0.108. The summed E-state index contributed by atoms with van der Waals surface area (Å²) in [5, 5.41) is 12.0. The van der Waals surface area contributed by atoms with Crippen molar-refractivity contribution in [1.82, 2.24) is 24.6 Å². The number of nitrogens with one attached hydrogen (secondary N) is 1. The Morgan fingerprint density at radius 1 is 1.03 bits per heavy atom. The zero-order valence-electron chi connectivity index (χ0n) is 15.4. The van der Waals surface area contributed by atoms with Crippen LogP contribution >= 0.6 is 34.4 Å². The first-order valence-corrected chi connectivity index (χ1v) is 11.9. The van der Waals surface area contributed by atoms with E-state index in [4.69, 9.17) is 4.98 Å². The van der Waals surface area contributed by atoms with Crippen LogP contribution in [-0.2, 0) is 5.75 Å². The molecule has 6 nitrogen and oxygen atoms in total. The lowest BCUT2D eigenvalue weighted by Crippen LogP contribution is -2.10. The number of hydrogen-bond donors (Lipinski definition) is 1. The summed E-state index contributed by atoms with van der Waals surface area (Å²) in [6.45, 7) is 0. The highest BCUT2D eigenvalue weighted by molar-refractivity contribution is 7.98. The second-order valence-electron chi connectivity index (χ2n) is 6.67. The van der Waals surface area contributed by atoms with E-state index in [-0.39, 0.29) is 5.56 Å². The predicted molar refractivity (Wildman–Crippen MR) is 124 cm³/mol. The molecule has 0 saturated heterocycles. The molecule has 1 N–H and O–H groups in total. The molecule has 9 heteroatoms. The van der Waals surface area contributed by atoms with E-state index in [0.29, 0.717) is 17.0 Å². The van der Waals surface area contributed by atoms with Gasteiger partial charge in [0.25, 0.3) is 5.56 Å². The van der Waals surface area contributed by atoms with Crippen LogP contribution in [0.2, 0.25) is 0 Å². The first-order valence-electron chi connectivity index (χ1n) is 9.19. The fourth-order valence-electron chi connectivity index (χ4n) is 3.47. The maximum Gasteiger partial charge on any atom is 0.260 e. The van der Waals surface area contributed by atoms with Crippen molar-refractivity contribution in [3.63, 3.8) is 0 Å².